The Kier molecular flexibility index (Phi) is 4.53. The minimum absolute atomic E-state index is 0.264. The van der Waals surface area contributed by atoms with Crippen molar-refractivity contribution in [1.82, 2.24) is 24.0 Å². The summed E-state index contributed by atoms with van der Waals surface area (Å²) in [5, 5.41) is 4.14. The first-order valence-corrected chi connectivity index (χ1v) is 8.99. The summed E-state index contributed by atoms with van der Waals surface area (Å²) in [6.45, 7) is 0. The Morgan fingerprint density at radius 1 is 1.00 bits per heavy atom. The quantitative estimate of drug-likeness (QED) is 0.550. The van der Waals surface area contributed by atoms with Crippen LogP contribution in [-0.2, 0) is 0 Å². The molecular formula is C19H23N7. The fraction of sp³-hybridized carbons (Fsp3) is 0.316. The molecule has 0 amide bonds. The Morgan fingerprint density at radius 3 is 2.62 bits per heavy atom. The number of rotatable bonds is 1. The number of nitrogens with two attached hydrogens (primary N) is 2. The SMILES string of the molecule is NC1CCCCC1.Nc1ncc2c(-c3ccc4nccn4c3)ccn2n1. The molecule has 0 saturated heterocycles. The lowest BCUT2D eigenvalue weighted by atomic mass is 9.97. The van der Waals surface area contributed by atoms with Gasteiger partial charge >= 0.3 is 0 Å². The molecule has 0 aromatic carbocycles. The van der Waals surface area contributed by atoms with Crippen LogP contribution in [0.15, 0.2) is 49.2 Å². The van der Waals surface area contributed by atoms with Crippen molar-refractivity contribution in [2.75, 3.05) is 5.73 Å². The van der Waals surface area contributed by atoms with Gasteiger partial charge in [-0.25, -0.2) is 14.5 Å². The Bertz CT molecular complexity index is 1010. The van der Waals surface area contributed by atoms with Crippen molar-refractivity contribution < 1.29 is 0 Å². The summed E-state index contributed by atoms with van der Waals surface area (Å²) in [5.41, 5.74) is 15.2. The first-order valence-electron chi connectivity index (χ1n) is 8.99. The molecule has 134 valence electrons. The summed E-state index contributed by atoms with van der Waals surface area (Å²) >= 11 is 0. The largest absolute Gasteiger partial charge is 0.367 e. The summed E-state index contributed by atoms with van der Waals surface area (Å²) < 4.78 is 3.72. The molecule has 4 N–H and O–H groups in total. The van der Waals surface area contributed by atoms with E-state index in [1.807, 2.05) is 41.2 Å². The van der Waals surface area contributed by atoms with Crippen molar-refractivity contribution in [3.63, 3.8) is 0 Å². The van der Waals surface area contributed by atoms with Gasteiger partial charge in [0.05, 0.1) is 11.7 Å². The zero-order chi connectivity index (χ0) is 17.9. The van der Waals surface area contributed by atoms with Gasteiger partial charge in [-0.2, -0.15) is 0 Å². The normalized spacial score (nSPS) is 15.1. The van der Waals surface area contributed by atoms with E-state index in [1.165, 1.54) is 32.1 Å². The van der Waals surface area contributed by atoms with Gasteiger partial charge in [0.2, 0.25) is 5.95 Å². The number of pyridine rings is 1. The number of hydrogen-bond donors (Lipinski definition) is 2. The Hall–Kier alpha value is -2.93. The second-order valence-electron chi connectivity index (χ2n) is 6.68. The second kappa shape index (κ2) is 7.13. The topological polar surface area (TPSA) is 99.5 Å². The van der Waals surface area contributed by atoms with Crippen LogP contribution >= 0.6 is 0 Å². The van der Waals surface area contributed by atoms with Gasteiger partial charge in [0.25, 0.3) is 0 Å². The van der Waals surface area contributed by atoms with Crippen molar-refractivity contribution in [3.8, 4) is 11.1 Å². The third kappa shape index (κ3) is 3.39. The average molecular weight is 349 g/mol. The number of fused-ring (bicyclic) bond motifs is 2. The van der Waals surface area contributed by atoms with Crippen molar-refractivity contribution in [2.24, 2.45) is 5.73 Å². The fourth-order valence-corrected chi connectivity index (χ4v) is 3.37. The van der Waals surface area contributed by atoms with E-state index in [-0.39, 0.29) is 5.95 Å². The minimum atomic E-state index is 0.264. The van der Waals surface area contributed by atoms with Crippen LogP contribution in [0.1, 0.15) is 32.1 Å². The maximum Gasteiger partial charge on any atom is 0.238 e. The lowest BCUT2D eigenvalue weighted by Crippen LogP contribution is -2.22. The molecule has 26 heavy (non-hydrogen) atoms. The molecular weight excluding hydrogens is 326 g/mol. The number of imidazole rings is 1. The fourth-order valence-electron chi connectivity index (χ4n) is 3.37. The van der Waals surface area contributed by atoms with Gasteiger partial charge in [-0.05, 0) is 31.0 Å². The van der Waals surface area contributed by atoms with Crippen LogP contribution in [0, 0.1) is 0 Å². The van der Waals surface area contributed by atoms with E-state index in [0.717, 1.165) is 22.3 Å². The maximum atomic E-state index is 5.63. The van der Waals surface area contributed by atoms with E-state index < -0.39 is 0 Å². The van der Waals surface area contributed by atoms with Crippen LogP contribution in [0.4, 0.5) is 5.95 Å². The molecule has 7 nitrogen and oxygen atoms in total. The molecule has 0 unspecified atom stereocenters. The molecule has 4 aromatic rings. The molecule has 4 aromatic heterocycles. The lowest BCUT2D eigenvalue weighted by Gasteiger charge is -2.15. The first-order chi connectivity index (χ1) is 12.7. The standard InChI is InChI=1S/C13H10N6.C6H13N/c14-13-16-7-11-10(3-5-19(11)17-13)9-1-2-12-15-4-6-18(12)8-9;7-6-4-2-1-3-5-6/h1-8H,(H2,14,17);6H,1-5,7H2. The molecule has 0 atom stereocenters. The minimum Gasteiger partial charge on any atom is -0.367 e. The van der Waals surface area contributed by atoms with Crippen LogP contribution in [0.2, 0.25) is 0 Å². The molecule has 1 aliphatic carbocycles. The van der Waals surface area contributed by atoms with Crippen molar-refractivity contribution in [3.05, 3.63) is 49.2 Å². The highest BCUT2D eigenvalue weighted by molar-refractivity contribution is 5.80. The van der Waals surface area contributed by atoms with E-state index in [4.69, 9.17) is 11.5 Å². The molecule has 0 aliphatic heterocycles. The molecule has 0 bridgehead atoms. The highest BCUT2D eigenvalue weighted by Crippen LogP contribution is 2.25. The van der Waals surface area contributed by atoms with Gasteiger partial charge in [0, 0.05) is 42.0 Å². The van der Waals surface area contributed by atoms with E-state index in [1.54, 1.807) is 16.9 Å². The number of nitrogens with zero attached hydrogens (tertiary/aromatic N) is 5. The van der Waals surface area contributed by atoms with E-state index in [0.29, 0.717) is 6.04 Å². The summed E-state index contributed by atoms with van der Waals surface area (Å²) in [7, 11) is 0. The van der Waals surface area contributed by atoms with Gasteiger partial charge < -0.3 is 15.9 Å². The third-order valence-electron chi connectivity index (χ3n) is 4.78. The van der Waals surface area contributed by atoms with Crippen LogP contribution < -0.4 is 11.5 Å². The van der Waals surface area contributed by atoms with Gasteiger partial charge in [0.1, 0.15) is 5.65 Å². The molecule has 0 radical (unpaired) electrons. The smallest absolute Gasteiger partial charge is 0.238 e. The number of hydrogen-bond acceptors (Lipinski definition) is 5. The monoisotopic (exact) mass is 349 g/mol. The molecule has 1 fully saturated rings. The predicted molar refractivity (Wildman–Crippen MR) is 103 cm³/mol. The van der Waals surface area contributed by atoms with E-state index in [2.05, 4.69) is 15.1 Å². The number of aromatic nitrogens is 5. The molecule has 1 aliphatic rings. The Balaban J connectivity index is 0.000000204. The van der Waals surface area contributed by atoms with Gasteiger partial charge in [-0.3, -0.25) is 0 Å². The molecule has 4 heterocycles. The van der Waals surface area contributed by atoms with Crippen LogP contribution in [-0.4, -0.2) is 30.0 Å². The summed E-state index contributed by atoms with van der Waals surface area (Å²) in [4.78, 5) is 8.28. The number of nitrogen functional groups attached to an aromatic ring is 1. The number of anilines is 1. The molecule has 5 rings (SSSR count). The zero-order valence-corrected chi connectivity index (χ0v) is 14.6. The molecule has 0 spiro atoms. The molecule has 1 saturated carbocycles. The van der Waals surface area contributed by atoms with Gasteiger partial charge in [-0.1, -0.05) is 19.3 Å². The second-order valence-corrected chi connectivity index (χ2v) is 6.68. The maximum absolute atomic E-state index is 5.63. The lowest BCUT2D eigenvalue weighted by molar-refractivity contribution is 0.441. The van der Waals surface area contributed by atoms with Gasteiger partial charge in [-0.15, -0.1) is 5.10 Å². The molecule has 7 heteroatoms. The van der Waals surface area contributed by atoms with Gasteiger partial charge in [0.15, 0.2) is 0 Å². The summed E-state index contributed by atoms with van der Waals surface area (Å²) in [5.74, 6) is 0.264. The highest BCUT2D eigenvalue weighted by Gasteiger charge is 2.08. The Morgan fingerprint density at radius 2 is 1.85 bits per heavy atom. The third-order valence-corrected chi connectivity index (χ3v) is 4.78. The van der Waals surface area contributed by atoms with E-state index >= 15 is 0 Å². The van der Waals surface area contributed by atoms with Crippen LogP contribution in [0.3, 0.4) is 0 Å². The van der Waals surface area contributed by atoms with Crippen molar-refractivity contribution >= 4 is 17.1 Å². The summed E-state index contributed by atoms with van der Waals surface area (Å²) in [6, 6.07) is 6.56. The first kappa shape index (κ1) is 16.5. The predicted octanol–water partition coefficient (Wildman–Crippen LogP) is 2.90. The van der Waals surface area contributed by atoms with E-state index in [9.17, 15) is 0 Å². The Labute approximate surface area is 151 Å². The van der Waals surface area contributed by atoms with Crippen molar-refractivity contribution in [1.29, 1.82) is 0 Å². The zero-order valence-electron chi connectivity index (χ0n) is 14.6. The highest BCUT2D eigenvalue weighted by atomic mass is 15.3. The average Bonchev–Trinajstić information content (AvgIpc) is 3.28. The van der Waals surface area contributed by atoms with Crippen LogP contribution in [0.25, 0.3) is 22.3 Å². The summed E-state index contributed by atoms with van der Waals surface area (Å²) in [6.07, 6.45) is 16.0. The van der Waals surface area contributed by atoms with Crippen LogP contribution in [0.5, 0.6) is 0 Å². The van der Waals surface area contributed by atoms with Crippen molar-refractivity contribution in [2.45, 2.75) is 38.1 Å².